The molecule has 2 aliphatic heterocycles. The van der Waals surface area contributed by atoms with Crippen LogP contribution >= 0.6 is 0 Å². The standard InChI is InChI=1S/C22H31N5O2/c1-3-26(4-2)17-6-5-7-19(17)29-15-8-9-16-14(12-15)13-27(21(16)24)18-10-11-20(23)25-22(18)28/h8-9,12,17-19,24H,3-7,10-11,13H2,1-2H3,(H2,23,25,28). The van der Waals surface area contributed by atoms with Gasteiger partial charge in [0.05, 0.1) is 5.84 Å². The van der Waals surface area contributed by atoms with Crippen molar-refractivity contribution in [1.82, 2.24) is 15.1 Å². The molecule has 4 rings (SSSR count). The highest BCUT2D eigenvalue weighted by atomic mass is 16.5. The lowest BCUT2D eigenvalue weighted by molar-refractivity contribution is -0.124. The van der Waals surface area contributed by atoms with E-state index >= 15 is 0 Å². The maximum Gasteiger partial charge on any atom is 0.248 e. The van der Waals surface area contributed by atoms with E-state index in [1.807, 2.05) is 23.1 Å². The summed E-state index contributed by atoms with van der Waals surface area (Å²) in [4.78, 5) is 16.7. The monoisotopic (exact) mass is 397 g/mol. The zero-order chi connectivity index (χ0) is 20.5. The van der Waals surface area contributed by atoms with Gasteiger partial charge in [0.1, 0.15) is 23.7 Å². The molecular formula is C22H31N5O2. The van der Waals surface area contributed by atoms with Gasteiger partial charge in [-0.05, 0) is 62.5 Å². The zero-order valence-corrected chi connectivity index (χ0v) is 17.3. The SMILES string of the molecule is CCN(CC)C1CCCC1Oc1ccc2c(c1)CN(C1CCC(=N)NC1=O)C2=N. The number of likely N-dealkylation sites (N-methyl/N-ethyl adjacent to an activating group) is 1. The van der Waals surface area contributed by atoms with Gasteiger partial charge in [0.15, 0.2) is 0 Å². The number of amidine groups is 2. The molecule has 7 nitrogen and oxygen atoms in total. The number of nitrogens with zero attached hydrogens (tertiary/aromatic N) is 2. The first-order valence-electron chi connectivity index (χ1n) is 10.8. The number of piperidine rings is 1. The predicted octanol–water partition coefficient (Wildman–Crippen LogP) is 2.73. The highest BCUT2D eigenvalue weighted by molar-refractivity contribution is 6.06. The number of rotatable bonds is 6. The number of carbonyl (C=O) groups excluding carboxylic acids is 1. The van der Waals surface area contributed by atoms with Gasteiger partial charge in [-0.15, -0.1) is 0 Å². The maximum atomic E-state index is 12.3. The molecule has 1 aliphatic carbocycles. The summed E-state index contributed by atoms with van der Waals surface area (Å²) in [6.45, 7) is 7.03. The highest BCUT2D eigenvalue weighted by Crippen LogP contribution is 2.33. The lowest BCUT2D eigenvalue weighted by Crippen LogP contribution is -2.52. The van der Waals surface area contributed by atoms with E-state index in [1.54, 1.807) is 0 Å². The van der Waals surface area contributed by atoms with Crippen LogP contribution in [0.25, 0.3) is 0 Å². The van der Waals surface area contributed by atoms with Crippen molar-refractivity contribution in [2.75, 3.05) is 13.1 Å². The third-order valence-corrected chi connectivity index (χ3v) is 6.57. The van der Waals surface area contributed by atoms with Crippen LogP contribution in [-0.2, 0) is 11.3 Å². The van der Waals surface area contributed by atoms with E-state index in [-0.39, 0.29) is 23.9 Å². The van der Waals surface area contributed by atoms with Gasteiger partial charge >= 0.3 is 0 Å². The van der Waals surface area contributed by atoms with Crippen molar-refractivity contribution >= 4 is 17.6 Å². The van der Waals surface area contributed by atoms with Crippen LogP contribution in [0.2, 0.25) is 0 Å². The number of hydrogen-bond donors (Lipinski definition) is 3. The summed E-state index contributed by atoms with van der Waals surface area (Å²) in [5.74, 6) is 1.34. The van der Waals surface area contributed by atoms with Crippen LogP contribution in [0, 0.1) is 10.8 Å². The lowest BCUT2D eigenvalue weighted by Gasteiger charge is -2.31. The maximum absolute atomic E-state index is 12.3. The second-order valence-electron chi connectivity index (χ2n) is 8.19. The van der Waals surface area contributed by atoms with E-state index in [1.165, 1.54) is 12.8 Å². The van der Waals surface area contributed by atoms with Gasteiger partial charge in [-0.3, -0.25) is 20.5 Å². The molecule has 0 bridgehead atoms. The summed E-state index contributed by atoms with van der Waals surface area (Å²) >= 11 is 0. The Bertz CT molecular complexity index is 819. The molecule has 0 spiro atoms. The Morgan fingerprint density at radius 1 is 1.21 bits per heavy atom. The number of fused-ring (bicyclic) bond motifs is 1. The quantitative estimate of drug-likeness (QED) is 0.688. The highest BCUT2D eigenvalue weighted by Gasteiger charge is 2.37. The number of hydrogen-bond acceptors (Lipinski definition) is 5. The average molecular weight is 398 g/mol. The zero-order valence-electron chi connectivity index (χ0n) is 17.3. The molecule has 1 saturated carbocycles. The molecule has 1 aromatic carbocycles. The molecule has 0 radical (unpaired) electrons. The van der Waals surface area contributed by atoms with Crippen molar-refractivity contribution in [1.29, 1.82) is 10.8 Å². The molecule has 7 heteroatoms. The van der Waals surface area contributed by atoms with Gasteiger partial charge in [0.25, 0.3) is 0 Å². The fourth-order valence-electron chi connectivity index (χ4n) is 5.02. The fourth-order valence-corrected chi connectivity index (χ4v) is 5.02. The molecule has 1 amide bonds. The molecule has 29 heavy (non-hydrogen) atoms. The Labute approximate surface area is 172 Å². The largest absolute Gasteiger partial charge is 0.489 e. The Hall–Kier alpha value is -2.41. The van der Waals surface area contributed by atoms with Crippen LogP contribution in [0.1, 0.15) is 57.1 Å². The van der Waals surface area contributed by atoms with Crippen LogP contribution in [-0.4, -0.2) is 58.7 Å². The second-order valence-corrected chi connectivity index (χ2v) is 8.19. The Morgan fingerprint density at radius 2 is 2.00 bits per heavy atom. The predicted molar refractivity (Wildman–Crippen MR) is 113 cm³/mol. The average Bonchev–Trinajstić information content (AvgIpc) is 3.28. The van der Waals surface area contributed by atoms with E-state index in [2.05, 4.69) is 24.1 Å². The summed E-state index contributed by atoms with van der Waals surface area (Å²) in [5, 5.41) is 18.8. The van der Waals surface area contributed by atoms with Crippen molar-refractivity contribution in [3.8, 4) is 5.75 Å². The minimum atomic E-state index is -0.379. The van der Waals surface area contributed by atoms with Gasteiger partial charge in [-0.1, -0.05) is 13.8 Å². The molecule has 1 aromatic rings. The van der Waals surface area contributed by atoms with E-state index < -0.39 is 0 Å². The minimum absolute atomic E-state index is 0.178. The van der Waals surface area contributed by atoms with Crippen LogP contribution < -0.4 is 10.1 Å². The van der Waals surface area contributed by atoms with E-state index in [0.717, 1.165) is 36.4 Å². The fraction of sp³-hybridized carbons (Fsp3) is 0.591. The van der Waals surface area contributed by atoms with Crippen LogP contribution in [0.4, 0.5) is 0 Å². The van der Waals surface area contributed by atoms with Gasteiger partial charge in [0.2, 0.25) is 5.91 Å². The van der Waals surface area contributed by atoms with Gasteiger partial charge < -0.3 is 15.0 Å². The van der Waals surface area contributed by atoms with E-state index in [9.17, 15) is 4.79 Å². The van der Waals surface area contributed by atoms with Crippen LogP contribution in [0.3, 0.4) is 0 Å². The molecule has 3 atom stereocenters. The first-order valence-corrected chi connectivity index (χ1v) is 10.8. The molecule has 1 saturated heterocycles. The van der Waals surface area contributed by atoms with Gasteiger partial charge in [-0.2, -0.15) is 0 Å². The minimum Gasteiger partial charge on any atom is -0.489 e. The Balaban J connectivity index is 1.48. The third-order valence-electron chi connectivity index (χ3n) is 6.57. The van der Waals surface area contributed by atoms with Crippen molar-refractivity contribution in [3.63, 3.8) is 0 Å². The Kier molecular flexibility index (Phi) is 5.58. The molecule has 0 aromatic heterocycles. The second kappa shape index (κ2) is 8.14. The number of amides is 1. The normalized spacial score (nSPS) is 26.8. The molecule has 2 heterocycles. The molecule has 3 N–H and O–H groups in total. The van der Waals surface area contributed by atoms with Crippen LogP contribution in [0.15, 0.2) is 18.2 Å². The Morgan fingerprint density at radius 3 is 2.72 bits per heavy atom. The topological polar surface area (TPSA) is 92.5 Å². The van der Waals surface area contributed by atoms with Gasteiger partial charge in [-0.25, -0.2) is 0 Å². The summed E-state index contributed by atoms with van der Waals surface area (Å²) in [5.41, 5.74) is 1.91. The molecule has 156 valence electrons. The van der Waals surface area contributed by atoms with Crippen molar-refractivity contribution in [2.24, 2.45) is 0 Å². The molecule has 3 unspecified atom stereocenters. The van der Waals surface area contributed by atoms with E-state index in [4.69, 9.17) is 15.6 Å². The van der Waals surface area contributed by atoms with Crippen molar-refractivity contribution in [3.05, 3.63) is 29.3 Å². The molecule has 2 fully saturated rings. The number of ether oxygens (including phenoxy) is 1. The summed E-state index contributed by atoms with van der Waals surface area (Å²) in [6, 6.07) is 6.05. The smallest absolute Gasteiger partial charge is 0.248 e. The first kappa shape index (κ1) is 19.9. The summed E-state index contributed by atoms with van der Waals surface area (Å²) in [7, 11) is 0. The van der Waals surface area contributed by atoms with Crippen molar-refractivity contribution < 1.29 is 9.53 Å². The number of benzene rings is 1. The lowest BCUT2D eigenvalue weighted by atomic mass is 10.0. The van der Waals surface area contributed by atoms with Crippen molar-refractivity contribution in [2.45, 2.75) is 70.7 Å². The van der Waals surface area contributed by atoms with Gasteiger partial charge in [0, 0.05) is 24.6 Å². The third kappa shape index (κ3) is 3.75. The molecular weight excluding hydrogens is 366 g/mol. The number of carbonyl (C=O) groups is 1. The van der Waals surface area contributed by atoms with Crippen LogP contribution in [0.5, 0.6) is 5.75 Å². The van der Waals surface area contributed by atoms with E-state index in [0.29, 0.717) is 31.3 Å². The molecule has 3 aliphatic rings. The number of nitrogens with one attached hydrogen (secondary N) is 3. The first-order chi connectivity index (χ1) is 14.0. The summed E-state index contributed by atoms with van der Waals surface area (Å²) in [6.07, 6.45) is 4.79. The summed E-state index contributed by atoms with van der Waals surface area (Å²) < 4.78 is 6.41.